The van der Waals surface area contributed by atoms with Crippen molar-refractivity contribution in [3.8, 4) is 0 Å². The molecule has 1 aliphatic carbocycles. The summed E-state index contributed by atoms with van der Waals surface area (Å²) in [7, 11) is 0. The Morgan fingerprint density at radius 1 is 1.13 bits per heavy atom. The first kappa shape index (κ1) is 21.0. The molecule has 1 N–H and O–H groups in total. The van der Waals surface area contributed by atoms with Gasteiger partial charge in [0, 0.05) is 43.0 Å². The molecule has 3 atom stereocenters. The van der Waals surface area contributed by atoms with Gasteiger partial charge in [-0.05, 0) is 43.5 Å². The van der Waals surface area contributed by atoms with Gasteiger partial charge in [0.25, 0.3) is 5.91 Å². The van der Waals surface area contributed by atoms with Gasteiger partial charge in [-0.25, -0.2) is 0 Å². The van der Waals surface area contributed by atoms with E-state index < -0.39 is 5.97 Å². The van der Waals surface area contributed by atoms with Gasteiger partial charge in [0.1, 0.15) is 0 Å². The van der Waals surface area contributed by atoms with Crippen molar-refractivity contribution in [1.82, 2.24) is 9.88 Å². The molecule has 1 aromatic heterocycles. The lowest BCUT2D eigenvalue weighted by Gasteiger charge is -2.47. The zero-order valence-corrected chi connectivity index (χ0v) is 17.6. The molecular weight excluding hydrogens is 394 g/mol. The Balaban J connectivity index is 1.75. The summed E-state index contributed by atoms with van der Waals surface area (Å²) in [5.41, 5.74) is 2.33. The van der Waals surface area contributed by atoms with Gasteiger partial charge in [-0.1, -0.05) is 24.6 Å². The molecule has 7 heteroatoms. The van der Waals surface area contributed by atoms with Gasteiger partial charge in [-0.2, -0.15) is 0 Å². The van der Waals surface area contributed by atoms with Crippen molar-refractivity contribution in [2.45, 2.75) is 51.1 Å². The number of carbonyl (C=O) groups excluding carboxylic acids is 2. The zero-order valence-electron chi connectivity index (χ0n) is 17.6. The Hall–Kier alpha value is -3.22. The number of benzene rings is 1. The van der Waals surface area contributed by atoms with Crippen molar-refractivity contribution in [2.75, 3.05) is 11.4 Å². The van der Waals surface area contributed by atoms with E-state index in [0.29, 0.717) is 12.1 Å². The Kier molecular flexibility index (Phi) is 6.02. The molecule has 4 rings (SSSR count). The minimum absolute atomic E-state index is 0.00562. The lowest BCUT2D eigenvalue weighted by atomic mass is 9.81. The summed E-state index contributed by atoms with van der Waals surface area (Å²) in [5.74, 6) is -1.08. The molecule has 7 nitrogen and oxygen atoms in total. The molecule has 2 heterocycles. The number of pyridine rings is 1. The second-order valence-corrected chi connectivity index (χ2v) is 8.16. The van der Waals surface area contributed by atoms with Crippen molar-refractivity contribution in [3.63, 3.8) is 0 Å². The third-order valence-electron chi connectivity index (χ3n) is 6.46. The van der Waals surface area contributed by atoms with E-state index >= 15 is 0 Å². The summed E-state index contributed by atoms with van der Waals surface area (Å²) in [6.07, 6.45) is 5.83. The number of amides is 2. The fourth-order valence-electron chi connectivity index (χ4n) is 5.20. The van der Waals surface area contributed by atoms with Crippen LogP contribution >= 0.6 is 0 Å². The van der Waals surface area contributed by atoms with Crippen LogP contribution in [-0.2, 0) is 9.59 Å². The second kappa shape index (κ2) is 8.88. The van der Waals surface area contributed by atoms with E-state index in [9.17, 15) is 14.4 Å². The maximum absolute atomic E-state index is 13.5. The first-order valence-electron chi connectivity index (χ1n) is 10.9. The molecule has 1 aliphatic heterocycles. The maximum atomic E-state index is 13.5. The lowest BCUT2D eigenvalue weighted by molar-refractivity contribution is -0.142. The number of fused-ring (bicyclic) bond motifs is 2. The summed E-state index contributed by atoms with van der Waals surface area (Å²) in [6, 6.07) is 11.2. The van der Waals surface area contributed by atoms with E-state index in [4.69, 9.17) is 5.11 Å². The minimum atomic E-state index is -0.972. The van der Waals surface area contributed by atoms with Gasteiger partial charge < -0.3 is 14.9 Å². The van der Waals surface area contributed by atoms with Crippen LogP contribution in [0.3, 0.4) is 0 Å². The number of hydrogen-bond acceptors (Lipinski definition) is 4. The summed E-state index contributed by atoms with van der Waals surface area (Å²) in [5, 5.41) is 9.02. The Labute approximate surface area is 181 Å². The number of carboxylic acids is 1. The van der Waals surface area contributed by atoms with Crippen LogP contribution in [0.15, 0.2) is 48.8 Å². The minimum Gasteiger partial charge on any atom is -0.481 e. The summed E-state index contributed by atoms with van der Waals surface area (Å²) >= 11 is 0. The number of aliphatic carboxylic acids is 1. The SMILES string of the molecule is CCN(C(=O)CCC(=O)O)C1c2ccccc2N(C(=O)c2cccnc2)C2CCCC12. The van der Waals surface area contributed by atoms with E-state index in [2.05, 4.69) is 4.98 Å². The maximum Gasteiger partial charge on any atom is 0.303 e. The third kappa shape index (κ3) is 3.92. The quantitative estimate of drug-likeness (QED) is 0.769. The van der Waals surface area contributed by atoms with Crippen molar-refractivity contribution < 1.29 is 19.5 Å². The molecule has 3 unspecified atom stereocenters. The average Bonchev–Trinajstić information content (AvgIpc) is 3.27. The fourth-order valence-corrected chi connectivity index (χ4v) is 5.20. The molecule has 0 spiro atoms. The normalized spacial score (nSPS) is 21.8. The molecule has 2 aliphatic rings. The van der Waals surface area contributed by atoms with Crippen LogP contribution in [0.2, 0.25) is 0 Å². The molecule has 2 aromatic rings. The number of aromatic nitrogens is 1. The average molecular weight is 421 g/mol. The number of hydrogen-bond donors (Lipinski definition) is 1. The molecular formula is C24H27N3O4. The molecule has 1 saturated carbocycles. The van der Waals surface area contributed by atoms with Gasteiger partial charge in [-0.15, -0.1) is 0 Å². The first-order valence-corrected chi connectivity index (χ1v) is 10.9. The van der Waals surface area contributed by atoms with Gasteiger partial charge in [0.15, 0.2) is 0 Å². The van der Waals surface area contributed by atoms with Crippen LogP contribution in [0.5, 0.6) is 0 Å². The molecule has 0 bridgehead atoms. The highest BCUT2D eigenvalue weighted by molar-refractivity contribution is 6.07. The molecule has 31 heavy (non-hydrogen) atoms. The number of carbonyl (C=O) groups is 3. The first-order chi connectivity index (χ1) is 15.0. The van der Waals surface area contributed by atoms with Crippen LogP contribution in [0.25, 0.3) is 0 Å². The van der Waals surface area contributed by atoms with E-state index in [1.54, 1.807) is 24.5 Å². The number of rotatable bonds is 6. The van der Waals surface area contributed by atoms with Crippen LogP contribution in [0.4, 0.5) is 5.69 Å². The zero-order chi connectivity index (χ0) is 22.0. The third-order valence-corrected chi connectivity index (χ3v) is 6.46. The molecule has 1 aromatic carbocycles. The standard InChI is InChI=1S/C24H27N3O4/c1-2-26(21(28)12-13-22(29)30)23-17-8-3-4-10-19(17)27(20-11-5-9-18(20)23)24(31)16-7-6-14-25-15-16/h3-4,6-8,10,14-15,18,20,23H,2,5,9,11-13H2,1H3,(H,29,30). The Bertz CT molecular complexity index is 978. The Morgan fingerprint density at radius 2 is 1.94 bits per heavy atom. The molecule has 162 valence electrons. The number of para-hydroxylation sites is 1. The van der Waals surface area contributed by atoms with Crippen molar-refractivity contribution >= 4 is 23.5 Å². The molecule has 0 saturated heterocycles. The smallest absolute Gasteiger partial charge is 0.303 e. The van der Waals surface area contributed by atoms with E-state index in [0.717, 1.165) is 30.5 Å². The summed E-state index contributed by atoms with van der Waals surface area (Å²) < 4.78 is 0. The van der Waals surface area contributed by atoms with Crippen LogP contribution in [-0.4, -0.2) is 45.4 Å². The predicted octanol–water partition coefficient (Wildman–Crippen LogP) is 3.67. The highest BCUT2D eigenvalue weighted by atomic mass is 16.4. The fraction of sp³-hybridized carbons (Fsp3) is 0.417. The van der Waals surface area contributed by atoms with E-state index in [1.165, 1.54) is 0 Å². The van der Waals surface area contributed by atoms with Crippen LogP contribution in [0.1, 0.15) is 61.0 Å². The van der Waals surface area contributed by atoms with Gasteiger partial charge in [0.05, 0.1) is 18.0 Å². The topological polar surface area (TPSA) is 90.8 Å². The second-order valence-electron chi connectivity index (χ2n) is 8.16. The van der Waals surface area contributed by atoms with Crippen LogP contribution in [0, 0.1) is 5.92 Å². The predicted molar refractivity (Wildman–Crippen MR) is 116 cm³/mol. The monoisotopic (exact) mass is 421 g/mol. The van der Waals surface area contributed by atoms with E-state index in [1.807, 2.05) is 41.0 Å². The number of carboxylic acid groups (broad SMARTS) is 1. The van der Waals surface area contributed by atoms with Crippen molar-refractivity contribution in [3.05, 3.63) is 59.9 Å². The van der Waals surface area contributed by atoms with Gasteiger partial charge >= 0.3 is 5.97 Å². The largest absolute Gasteiger partial charge is 0.481 e. The van der Waals surface area contributed by atoms with Crippen molar-refractivity contribution in [2.24, 2.45) is 5.92 Å². The van der Waals surface area contributed by atoms with Gasteiger partial charge in [0.2, 0.25) is 5.91 Å². The number of anilines is 1. The molecule has 2 amide bonds. The van der Waals surface area contributed by atoms with Gasteiger partial charge in [-0.3, -0.25) is 19.4 Å². The Morgan fingerprint density at radius 3 is 2.65 bits per heavy atom. The molecule has 0 radical (unpaired) electrons. The highest BCUT2D eigenvalue weighted by Gasteiger charge is 2.48. The van der Waals surface area contributed by atoms with Crippen LogP contribution < -0.4 is 4.90 Å². The number of nitrogens with zero attached hydrogens (tertiary/aromatic N) is 3. The molecule has 1 fully saturated rings. The van der Waals surface area contributed by atoms with Crippen molar-refractivity contribution in [1.29, 1.82) is 0 Å². The summed E-state index contributed by atoms with van der Waals surface area (Å²) in [4.78, 5) is 45.3. The highest BCUT2D eigenvalue weighted by Crippen LogP contribution is 2.50. The summed E-state index contributed by atoms with van der Waals surface area (Å²) in [6.45, 7) is 2.43. The lowest BCUT2D eigenvalue weighted by Crippen LogP contribution is -2.52. The van der Waals surface area contributed by atoms with E-state index in [-0.39, 0.29) is 42.7 Å².